The average Bonchev–Trinajstić information content (AvgIpc) is 2.65. The monoisotopic (exact) mass is 260 g/mol. The number of thiophene rings is 1. The predicted octanol–water partition coefficient (Wildman–Crippen LogP) is 3.32. The molecule has 0 N–H and O–H groups in total. The molecule has 0 atom stereocenters. The maximum absolute atomic E-state index is 11.6. The lowest BCUT2D eigenvalue weighted by molar-refractivity contribution is -0.143. The van der Waals surface area contributed by atoms with Crippen LogP contribution in [0, 0.1) is 0 Å². The standard InChI is InChI=1S/C11H13ClO3S/c1-2-15-11(14)5-3-4-8(13)9-6-7-10(12)16-9/h6-7H,2-5H2,1H3. The molecule has 1 heterocycles. The summed E-state index contributed by atoms with van der Waals surface area (Å²) in [7, 11) is 0. The van der Waals surface area contributed by atoms with Crippen molar-refractivity contribution in [1.82, 2.24) is 0 Å². The minimum atomic E-state index is -0.250. The Balaban J connectivity index is 2.28. The summed E-state index contributed by atoms with van der Waals surface area (Å²) in [6.45, 7) is 2.14. The quantitative estimate of drug-likeness (QED) is 0.582. The number of rotatable bonds is 6. The third kappa shape index (κ3) is 4.33. The number of ether oxygens (including phenoxy) is 1. The fourth-order valence-electron chi connectivity index (χ4n) is 1.21. The predicted molar refractivity (Wildman–Crippen MR) is 64.1 cm³/mol. The zero-order valence-electron chi connectivity index (χ0n) is 8.99. The van der Waals surface area contributed by atoms with Gasteiger partial charge in [-0.2, -0.15) is 0 Å². The van der Waals surface area contributed by atoms with Gasteiger partial charge in [0, 0.05) is 12.8 Å². The Morgan fingerprint density at radius 3 is 2.69 bits per heavy atom. The number of hydrogen-bond donors (Lipinski definition) is 0. The first kappa shape index (κ1) is 13.2. The van der Waals surface area contributed by atoms with Crippen LogP contribution in [0.1, 0.15) is 35.9 Å². The molecule has 0 fully saturated rings. The van der Waals surface area contributed by atoms with Crippen LogP contribution in [0.4, 0.5) is 0 Å². The average molecular weight is 261 g/mol. The molecule has 1 aromatic rings. The Morgan fingerprint density at radius 2 is 2.12 bits per heavy atom. The second kappa shape index (κ2) is 6.66. The van der Waals surface area contributed by atoms with E-state index in [1.165, 1.54) is 11.3 Å². The van der Waals surface area contributed by atoms with E-state index in [0.717, 1.165) is 0 Å². The number of ketones is 1. The zero-order valence-corrected chi connectivity index (χ0v) is 10.6. The summed E-state index contributed by atoms with van der Waals surface area (Å²) in [6.07, 6.45) is 1.17. The molecule has 0 saturated carbocycles. The molecule has 1 aromatic heterocycles. The molecule has 0 amide bonds. The van der Waals surface area contributed by atoms with Crippen LogP contribution in [0.25, 0.3) is 0 Å². The van der Waals surface area contributed by atoms with Crippen LogP contribution in [-0.2, 0) is 9.53 Å². The fourth-order valence-corrected chi connectivity index (χ4v) is 2.22. The highest BCUT2D eigenvalue weighted by atomic mass is 35.5. The van der Waals surface area contributed by atoms with Crippen LogP contribution < -0.4 is 0 Å². The van der Waals surface area contributed by atoms with Gasteiger partial charge in [-0.3, -0.25) is 9.59 Å². The normalized spacial score (nSPS) is 10.1. The second-order valence-electron chi connectivity index (χ2n) is 3.19. The SMILES string of the molecule is CCOC(=O)CCCC(=O)c1ccc(Cl)s1. The molecular formula is C11H13ClO3S. The molecule has 0 aliphatic heterocycles. The van der Waals surface area contributed by atoms with Gasteiger partial charge in [-0.15, -0.1) is 11.3 Å². The highest BCUT2D eigenvalue weighted by Crippen LogP contribution is 2.23. The van der Waals surface area contributed by atoms with E-state index in [4.69, 9.17) is 16.3 Å². The van der Waals surface area contributed by atoms with E-state index in [9.17, 15) is 9.59 Å². The van der Waals surface area contributed by atoms with Crippen LogP contribution in [0.5, 0.6) is 0 Å². The molecule has 0 saturated heterocycles. The minimum absolute atomic E-state index is 0.0289. The van der Waals surface area contributed by atoms with Crippen molar-refractivity contribution in [3.05, 3.63) is 21.3 Å². The number of carbonyl (C=O) groups is 2. The topological polar surface area (TPSA) is 43.4 Å². The molecule has 0 bridgehead atoms. The Morgan fingerprint density at radius 1 is 1.38 bits per heavy atom. The summed E-state index contributed by atoms with van der Waals surface area (Å²) < 4.78 is 5.37. The molecule has 5 heteroatoms. The van der Waals surface area contributed by atoms with Crippen molar-refractivity contribution in [2.45, 2.75) is 26.2 Å². The zero-order chi connectivity index (χ0) is 12.0. The van der Waals surface area contributed by atoms with E-state index < -0.39 is 0 Å². The van der Waals surface area contributed by atoms with Gasteiger partial charge in [0.1, 0.15) is 0 Å². The van der Waals surface area contributed by atoms with Gasteiger partial charge < -0.3 is 4.74 Å². The number of esters is 1. The molecule has 3 nitrogen and oxygen atoms in total. The van der Waals surface area contributed by atoms with E-state index in [0.29, 0.717) is 35.1 Å². The lowest BCUT2D eigenvalue weighted by Crippen LogP contribution is -2.05. The van der Waals surface area contributed by atoms with Gasteiger partial charge in [-0.05, 0) is 25.5 Å². The maximum atomic E-state index is 11.6. The highest BCUT2D eigenvalue weighted by Gasteiger charge is 2.10. The van der Waals surface area contributed by atoms with Crippen molar-refractivity contribution < 1.29 is 14.3 Å². The van der Waals surface area contributed by atoms with Gasteiger partial charge in [-0.25, -0.2) is 0 Å². The van der Waals surface area contributed by atoms with E-state index in [-0.39, 0.29) is 11.8 Å². The van der Waals surface area contributed by atoms with Gasteiger partial charge in [0.25, 0.3) is 0 Å². The van der Waals surface area contributed by atoms with Crippen LogP contribution in [-0.4, -0.2) is 18.4 Å². The lowest BCUT2D eigenvalue weighted by Gasteiger charge is -2.00. The largest absolute Gasteiger partial charge is 0.466 e. The molecule has 0 unspecified atom stereocenters. The van der Waals surface area contributed by atoms with Crippen LogP contribution in [0.15, 0.2) is 12.1 Å². The van der Waals surface area contributed by atoms with Gasteiger partial charge in [-0.1, -0.05) is 11.6 Å². The van der Waals surface area contributed by atoms with E-state index in [1.807, 2.05) is 0 Å². The summed E-state index contributed by atoms with van der Waals surface area (Å²) >= 11 is 6.99. The van der Waals surface area contributed by atoms with E-state index in [2.05, 4.69) is 0 Å². The van der Waals surface area contributed by atoms with Gasteiger partial charge >= 0.3 is 5.97 Å². The molecule has 0 spiro atoms. The first-order valence-corrected chi connectivity index (χ1v) is 6.27. The number of carbonyl (C=O) groups excluding carboxylic acids is 2. The fraction of sp³-hybridized carbons (Fsp3) is 0.455. The molecule has 0 aliphatic rings. The third-order valence-electron chi connectivity index (χ3n) is 1.94. The van der Waals surface area contributed by atoms with Crippen molar-refractivity contribution in [1.29, 1.82) is 0 Å². The molecule has 16 heavy (non-hydrogen) atoms. The van der Waals surface area contributed by atoms with Crippen LogP contribution in [0.2, 0.25) is 4.34 Å². The van der Waals surface area contributed by atoms with Gasteiger partial charge in [0.05, 0.1) is 15.8 Å². The number of Topliss-reactive ketones (excluding diaryl/α,β-unsaturated/α-hetero) is 1. The van der Waals surface area contributed by atoms with Crippen molar-refractivity contribution in [3.63, 3.8) is 0 Å². The Hall–Kier alpha value is -0.870. The second-order valence-corrected chi connectivity index (χ2v) is 4.90. The first-order chi connectivity index (χ1) is 7.63. The smallest absolute Gasteiger partial charge is 0.305 e. The molecular weight excluding hydrogens is 248 g/mol. The highest BCUT2D eigenvalue weighted by molar-refractivity contribution is 7.18. The minimum Gasteiger partial charge on any atom is -0.466 e. The lowest BCUT2D eigenvalue weighted by atomic mass is 10.1. The van der Waals surface area contributed by atoms with E-state index in [1.54, 1.807) is 19.1 Å². The summed E-state index contributed by atoms with van der Waals surface area (Å²) in [5, 5.41) is 0. The summed E-state index contributed by atoms with van der Waals surface area (Å²) in [5.41, 5.74) is 0. The summed E-state index contributed by atoms with van der Waals surface area (Å²) in [6, 6.07) is 3.41. The van der Waals surface area contributed by atoms with Crippen LogP contribution in [0.3, 0.4) is 0 Å². The van der Waals surface area contributed by atoms with Crippen molar-refractivity contribution in [3.8, 4) is 0 Å². The Bertz CT molecular complexity index is 373. The van der Waals surface area contributed by atoms with Crippen molar-refractivity contribution in [2.24, 2.45) is 0 Å². The molecule has 88 valence electrons. The first-order valence-electron chi connectivity index (χ1n) is 5.07. The van der Waals surface area contributed by atoms with Crippen molar-refractivity contribution in [2.75, 3.05) is 6.61 Å². The Kier molecular flexibility index (Phi) is 5.49. The van der Waals surface area contributed by atoms with E-state index >= 15 is 0 Å². The molecule has 1 rings (SSSR count). The Labute approximate surface area is 103 Å². The molecule has 0 aliphatic carbocycles. The maximum Gasteiger partial charge on any atom is 0.305 e. The van der Waals surface area contributed by atoms with Crippen molar-refractivity contribution >= 4 is 34.7 Å². The third-order valence-corrected chi connectivity index (χ3v) is 3.21. The summed E-state index contributed by atoms with van der Waals surface area (Å²) in [5.74, 6) is -0.222. The molecule has 0 aromatic carbocycles. The van der Waals surface area contributed by atoms with Crippen LogP contribution >= 0.6 is 22.9 Å². The number of hydrogen-bond acceptors (Lipinski definition) is 4. The van der Waals surface area contributed by atoms with Gasteiger partial charge in [0.2, 0.25) is 0 Å². The van der Waals surface area contributed by atoms with Gasteiger partial charge in [0.15, 0.2) is 5.78 Å². The number of halogens is 1. The molecule has 0 radical (unpaired) electrons. The summed E-state index contributed by atoms with van der Waals surface area (Å²) in [4.78, 5) is 23.3.